The summed E-state index contributed by atoms with van der Waals surface area (Å²) in [5.74, 6) is 0.260. The Morgan fingerprint density at radius 3 is 2.42 bits per heavy atom. The van der Waals surface area contributed by atoms with Crippen molar-refractivity contribution >= 4 is 0 Å². The van der Waals surface area contributed by atoms with Gasteiger partial charge in [-0.25, -0.2) is 0 Å². The molecule has 2 aromatic rings. The molecule has 0 aliphatic heterocycles. The highest BCUT2D eigenvalue weighted by atomic mass is 19.4. The third-order valence-corrected chi connectivity index (χ3v) is 2.54. The summed E-state index contributed by atoms with van der Waals surface area (Å²) in [6, 6.07) is 7.11. The number of rotatable bonds is 4. The zero-order valence-electron chi connectivity index (χ0n) is 9.94. The van der Waals surface area contributed by atoms with E-state index < -0.39 is 12.6 Å². The summed E-state index contributed by atoms with van der Waals surface area (Å²) < 4.78 is 40.9. The van der Waals surface area contributed by atoms with Crippen LogP contribution in [0.1, 0.15) is 17.9 Å². The van der Waals surface area contributed by atoms with Crippen LogP contribution in [0, 0.1) is 0 Å². The van der Waals surface area contributed by atoms with Gasteiger partial charge in [0.05, 0.1) is 6.42 Å². The summed E-state index contributed by atoms with van der Waals surface area (Å²) in [6.45, 7) is 0.420. The maximum absolute atomic E-state index is 12.1. The van der Waals surface area contributed by atoms with Crippen molar-refractivity contribution < 1.29 is 17.7 Å². The summed E-state index contributed by atoms with van der Waals surface area (Å²) in [5, 5.41) is 3.66. The number of alkyl halides is 3. The number of hydrogen-bond acceptors (Lipinski definition) is 4. The molecular weight excluding hydrogens is 259 g/mol. The molecule has 0 radical (unpaired) electrons. The van der Waals surface area contributed by atoms with E-state index in [0.29, 0.717) is 12.1 Å². The van der Waals surface area contributed by atoms with Crippen molar-refractivity contribution in [3.8, 4) is 11.4 Å². The molecule has 0 fully saturated rings. The van der Waals surface area contributed by atoms with Gasteiger partial charge in [-0.1, -0.05) is 29.4 Å². The molecule has 2 rings (SSSR count). The van der Waals surface area contributed by atoms with Crippen LogP contribution in [0.3, 0.4) is 0 Å². The van der Waals surface area contributed by atoms with Crippen LogP contribution in [0.15, 0.2) is 28.8 Å². The van der Waals surface area contributed by atoms with E-state index in [1.807, 2.05) is 0 Å². The molecule has 0 aliphatic carbocycles. The molecule has 0 saturated heterocycles. The van der Waals surface area contributed by atoms with Gasteiger partial charge in [0.25, 0.3) is 0 Å². The highest BCUT2D eigenvalue weighted by molar-refractivity contribution is 5.54. The number of halogens is 3. The minimum atomic E-state index is -4.22. The fraction of sp³-hybridized carbons (Fsp3) is 0.333. The van der Waals surface area contributed by atoms with Gasteiger partial charge >= 0.3 is 6.18 Å². The van der Waals surface area contributed by atoms with Gasteiger partial charge in [0.1, 0.15) is 0 Å². The van der Waals surface area contributed by atoms with Gasteiger partial charge in [-0.05, 0) is 5.56 Å². The predicted molar refractivity (Wildman–Crippen MR) is 62.0 cm³/mol. The van der Waals surface area contributed by atoms with Gasteiger partial charge in [-0.15, -0.1) is 0 Å². The van der Waals surface area contributed by atoms with E-state index in [9.17, 15) is 13.2 Å². The Hall–Kier alpha value is -1.89. The quantitative estimate of drug-likeness (QED) is 0.928. The SMILES string of the molecule is NCc1ccc(-c2noc(CCC(F)(F)F)n2)cc1. The summed E-state index contributed by atoms with van der Waals surface area (Å²) in [7, 11) is 0. The minimum absolute atomic E-state index is 0.0183. The summed E-state index contributed by atoms with van der Waals surface area (Å²) in [4.78, 5) is 3.93. The Kier molecular flexibility index (Phi) is 3.84. The Bertz CT molecular complexity index is 534. The number of benzene rings is 1. The number of hydrogen-bond donors (Lipinski definition) is 1. The van der Waals surface area contributed by atoms with Crippen LogP contribution in [-0.4, -0.2) is 16.3 Å². The standard InChI is InChI=1S/C12H12F3N3O/c13-12(14,15)6-5-10-17-11(18-19-10)9-3-1-8(7-16)2-4-9/h1-4H,5-7,16H2. The predicted octanol–water partition coefficient (Wildman–Crippen LogP) is 2.69. The highest BCUT2D eigenvalue weighted by Gasteiger charge is 2.27. The monoisotopic (exact) mass is 271 g/mol. The first kappa shape index (κ1) is 13.5. The molecule has 1 aromatic carbocycles. The van der Waals surface area contributed by atoms with Crippen molar-refractivity contribution in [2.24, 2.45) is 5.73 Å². The first-order valence-electron chi connectivity index (χ1n) is 5.66. The first-order valence-corrected chi connectivity index (χ1v) is 5.66. The van der Waals surface area contributed by atoms with Gasteiger partial charge in [0, 0.05) is 18.5 Å². The molecule has 4 nitrogen and oxygen atoms in total. The maximum Gasteiger partial charge on any atom is 0.389 e. The van der Waals surface area contributed by atoms with Crippen LogP contribution in [0.4, 0.5) is 13.2 Å². The minimum Gasteiger partial charge on any atom is -0.339 e. The lowest BCUT2D eigenvalue weighted by atomic mass is 10.1. The van der Waals surface area contributed by atoms with E-state index in [1.165, 1.54) is 0 Å². The van der Waals surface area contributed by atoms with Crippen molar-refractivity contribution in [1.82, 2.24) is 10.1 Å². The summed E-state index contributed by atoms with van der Waals surface area (Å²) in [6.07, 6.45) is -5.50. The van der Waals surface area contributed by atoms with Crippen LogP contribution >= 0.6 is 0 Å². The molecule has 0 amide bonds. The second kappa shape index (κ2) is 5.40. The van der Waals surface area contributed by atoms with Gasteiger partial charge in [-0.3, -0.25) is 0 Å². The molecule has 102 valence electrons. The molecule has 0 aliphatic rings. The van der Waals surface area contributed by atoms with Crippen LogP contribution in [-0.2, 0) is 13.0 Å². The lowest BCUT2D eigenvalue weighted by Crippen LogP contribution is -2.08. The maximum atomic E-state index is 12.1. The summed E-state index contributed by atoms with van der Waals surface area (Å²) >= 11 is 0. The molecule has 0 atom stereocenters. The van der Waals surface area contributed by atoms with Crippen molar-refractivity contribution in [1.29, 1.82) is 0 Å². The molecule has 1 heterocycles. The molecule has 7 heteroatoms. The number of nitrogens with two attached hydrogens (primary N) is 1. The van der Waals surface area contributed by atoms with E-state index >= 15 is 0 Å². The lowest BCUT2D eigenvalue weighted by Gasteiger charge is -2.01. The smallest absolute Gasteiger partial charge is 0.339 e. The van der Waals surface area contributed by atoms with Gasteiger partial charge < -0.3 is 10.3 Å². The van der Waals surface area contributed by atoms with Crippen molar-refractivity contribution in [2.75, 3.05) is 0 Å². The molecule has 0 spiro atoms. The zero-order valence-corrected chi connectivity index (χ0v) is 9.94. The molecule has 1 aromatic heterocycles. The second-order valence-electron chi connectivity index (χ2n) is 4.03. The first-order chi connectivity index (χ1) is 8.98. The normalized spacial score (nSPS) is 11.8. The zero-order chi connectivity index (χ0) is 13.9. The Labute approximate surface area is 107 Å². The third kappa shape index (κ3) is 3.78. The average molecular weight is 271 g/mol. The number of aromatic nitrogens is 2. The van der Waals surface area contributed by atoms with Gasteiger partial charge in [0.15, 0.2) is 0 Å². The Morgan fingerprint density at radius 1 is 1.16 bits per heavy atom. The topological polar surface area (TPSA) is 64.9 Å². The number of nitrogens with zero attached hydrogens (tertiary/aromatic N) is 2. The van der Waals surface area contributed by atoms with Crippen LogP contribution in [0.25, 0.3) is 11.4 Å². The van der Waals surface area contributed by atoms with Gasteiger partial charge in [-0.2, -0.15) is 18.2 Å². The van der Waals surface area contributed by atoms with Crippen LogP contribution in [0.2, 0.25) is 0 Å². The molecule has 2 N–H and O–H groups in total. The van der Waals surface area contributed by atoms with E-state index in [2.05, 4.69) is 10.1 Å². The van der Waals surface area contributed by atoms with E-state index in [-0.39, 0.29) is 18.1 Å². The van der Waals surface area contributed by atoms with Gasteiger partial charge in [0.2, 0.25) is 11.7 Å². The van der Waals surface area contributed by atoms with Crippen molar-refractivity contribution in [3.63, 3.8) is 0 Å². The van der Waals surface area contributed by atoms with E-state index in [1.54, 1.807) is 24.3 Å². The second-order valence-corrected chi connectivity index (χ2v) is 4.03. The summed E-state index contributed by atoms with van der Waals surface area (Å²) in [5.41, 5.74) is 7.10. The van der Waals surface area contributed by atoms with Crippen molar-refractivity contribution in [3.05, 3.63) is 35.7 Å². The molecule has 0 saturated carbocycles. The number of aryl methyl sites for hydroxylation is 1. The Morgan fingerprint density at radius 2 is 1.84 bits per heavy atom. The van der Waals surface area contributed by atoms with E-state index in [4.69, 9.17) is 10.3 Å². The molecule has 0 unspecified atom stereocenters. The highest BCUT2D eigenvalue weighted by Crippen LogP contribution is 2.23. The van der Waals surface area contributed by atoms with Crippen LogP contribution < -0.4 is 5.73 Å². The molecule has 0 bridgehead atoms. The Balaban J connectivity index is 2.07. The average Bonchev–Trinajstić information content (AvgIpc) is 2.84. The van der Waals surface area contributed by atoms with Crippen molar-refractivity contribution in [2.45, 2.75) is 25.6 Å². The molecule has 19 heavy (non-hydrogen) atoms. The fourth-order valence-electron chi connectivity index (χ4n) is 1.51. The molecular formula is C12H12F3N3O. The van der Waals surface area contributed by atoms with E-state index in [0.717, 1.165) is 5.56 Å². The largest absolute Gasteiger partial charge is 0.389 e. The lowest BCUT2D eigenvalue weighted by molar-refractivity contribution is -0.134. The third-order valence-electron chi connectivity index (χ3n) is 2.54. The van der Waals surface area contributed by atoms with Crippen LogP contribution in [0.5, 0.6) is 0 Å². The fourth-order valence-corrected chi connectivity index (χ4v) is 1.51.